The molecule has 0 atom stereocenters. The zero-order valence-electron chi connectivity index (χ0n) is 16.2. The molecule has 2 heterocycles. The van der Waals surface area contributed by atoms with Gasteiger partial charge in [-0.1, -0.05) is 66.7 Å². The Kier molecular flexibility index (Phi) is 3.03. The molecule has 0 fully saturated rings. The number of aromatic nitrogens is 2. The lowest BCUT2D eigenvalue weighted by Gasteiger charge is -2.03. The molecule has 2 nitrogen and oxygen atoms in total. The molecule has 0 radical (unpaired) electrons. The standard InChI is InChI=1S/C28H18N2/c1-2-6-18-14-28-24(13-17(18)5-1)23-12-10-20(16-27(23)30-28)19-9-11-22-21-7-3-4-8-25(21)29-26(22)15-19/h1-16,29-30H. The van der Waals surface area contributed by atoms with Gasteiger partial charge < -0.3 is 9.97 Å². The van der Waals surface area contributed by atoms with Gasteiger partial charge in [0.2, 0.25) is 0 Å². The van der Waals surface area contributed by atoms with Crippen LogP contribution in [0.5, 0.6) is 0 Å². The van der Waals surface area contributed by atoms with Crippen molar-refractivity contribution in [2.24, 2.45) is 0 Å². The Labute approximate surface area is 172 Å². The van der Waals surface area contributed by atoms with Crippen LogP contribution < -0.4 is 0 Å². The van der Waals surface area contributed by atoms with Crippen molar-refractivity contribution >= 4 is 54.4 Å². The minimum absolute atomic E-state index is 1.18. The first-order valence-electron chi connectivity index (χ1n) is 10.3. The van der Waals surface area contributed by atoms with Gasteiger partial charge in [0.1, 0.15) is 0 Å². The number of para-hydroxylation sites is 1. The van der Waals surface area contributed by atoms with Crippen LogP contribution in [-0.4, -0.2) is 9.97 Å². The summed E-state index contributed by atoms with van der Waals surface area (Å²) in [6.45, 7) is 0. The summed E-state index contributed by atoms with van der Waals surface area (Å²) in [6, 6.07) is 35.0. The van der Waals surface area contributed by atoms with E-state index in [9.17, 15) is 0 Å². The molecule has 5 aromatic carbocycles. The highest BCUT2D eigenvalue weighted by Crippen LogP contribution is 2.34. The van der Waals surface area contributed by atoms with Crippen molar-refractivity contribution < 1.29 is 0 Å². The van der Waals surface area contributed by atoms with Crippen molar-refractivity contribution in [3.05, 3.63) is 97.1 Å². The third-order valence-electron chi connectivity index (χ3n) is 6.30. The van der Waals surface area contributed by atoms with Crippen LogP contribution in [0.25, 0.3) is 65.5 Å². The molecule has 2 aromatic heterocycles. The molecule has 7 aromatic rings. The summed E-state index contributed by atoms with van der Waals surface area (Å²) >= 11 is 0. The van der Waals surface area contributed by atoms with Gasteiger partial charge in [0.25, 0.3) is 0 Å². The van der Waals surface area contributed by atoms with E-state index in [0.29, 0.717) is 0 Å². The summed E-state index contributed by atoms with van der Waals surface area (Å²) in [5.74, 6) is 0. The molecule has 0 unspecified atom stereocenters. The number of rotatable bonds is 1. The van der Waals surface area contributed by atoms with Crippen LogP contribution in [0.15, 0.2) is 97.1 Å². The van der Waals surface area contributed by atoms with Crippen molar-refractivity contribution in [1.29, 1.82) is 0 Å². The predicted octanol–water partition coefficient (Wildman–Crippen LogP) is 7.78. The molecule has 0 aliphatic heterocycles. The molecule has 0 saturated heterocycles. The molecule has 0 amide bonds. The molecule has 0 spiro atoms. The van der Waals surface area contributed by atoms with Crippen LogP contribution in [0.2, 0.25) is 0 Å². The minimum Gasteiger partial charge on any atom is -0.354 e. The van der Waals surface area contributed by atoms with Crippen molar-refractivity contribution in [3.8, 4) is 11.1 Å². The maximum absolute atomic E-state index is 3.63. The van der Waals surface area contributed by atoms with Crippen LogP contribution in [0.4, 0.5) is 0 Å². The Balaban J connectivity index is 1.43. The second-order valence-corrected chi connectivity index (χ2v) is 8.06. The smallest absolute Gasteiger partial charge is 0.0471 e. The summed E-state index contributed by atoms with van der Waals surface area (Å²) in [5.41, 5.74) is 7.17. The molecule has 0 aliphatic rings. The number of fused-ring (bicyclic) bond motifs is 7. The molecular formula is C28H18N2. The monoisotopic (exact) mass is 382 g/mol. The fraction of sp³-hybridized carbons (Fsp3) is 0. The molecule has 2 heteroatoms. The van der Waals surface area contributed by atoms with Gasteiger partial charge in [-0.25, -0.2) is 0 Å². The summed E-state index contributed by atoms with van der Waals surface area (Å²) in [5, 5.41) is 7.64. The second-order valence-electron chi connectivity index (χ2n) is 8.06. The summed E-state index contributed by atoms with van der Waals surface area (Å²) in [4.78, 5) is 7.19. The lowest BCUT2D eigenvalue weighted by Crippen LogP contribution is -1.79. The van der Waals surface area contributed by atoms with Gasteiger partial charge in [-0.2, -0.15) is 0 Å². The van der Waals surface area contributed by atoms with Crippen molar-refractivity contribution in [2.45, 2.75) is 0 Å². The first-order valence-corrected chi connectivity index (χ1v) is 10.3. The number of nitrogens with one attached hydrogen (secondary N) is 2. The van der Waals surface area contributed by atoms with E-state index >= 15 is 0 Å². The largest absolute Gasteiger partial charge is 0.354 e. The van der Waals surface area contributed by atoms with E-state index in [4.69, 9.17) is 0 Å². The van der Waals surface area contributed by atoms with Crippen LogP contribution in [0.3, 0.4) is 0 Å². The summed E-state index contributed by atoms with van der Waals surface area (Å²) in [7, 11) is 0. The summed E-state index contributed by atoms with van der Waals surface area (Å²) < 4.78 is 0. The van der Waals surface area contributed by atoms with Gasteiger partial charge in [0, 0.05) is 43.6 Å². The van der Waals surface area contributed by atoms with Gasteiger partial charge >= 0.3 is 0 Å². The van der Waals surface area contributed by atoms with Gasteiger partial charge in [-0.05, 0) is 52.2 Å². The zero-order valence-corrected chi connectivity index (χ0v) is 16.2. The number of aromatic amines is 2. The van der Waals surface area contributed by atoms with Gasteiger partial charge in [0.05, 0.1) is 0 Å². The van der Waals surface area contributed by atoms with Crippen LogP contribution in [0, 0.1) is 0 Å². The van der Waals surface area contributed by atoms with E-state index < -0.39 is 0 Å². The molecular weight excluding hydrogens is 364 g/mol. The number of hydrogen-bond donors (Lipinski definition) is 2. The zero-order chi connectivity index (χ0) is 19.7. The molecule has 7 rings (SSSR count). The van der Waals surface area contributed by atoms with Gasteiger partial charge in [-0.15, -0.1) is 0 Å². The molecule has 2 N–H and O–H groups in total. The lowest BCUT2D eigenvalue weighted by molar-refractivity contribution is 1.53. The van der Waals surface area contributed by atoms with Crippen molar-refractivity contribution in [1.82, 2.24) is 9.97 Å². The average Bonchev–Trinajstić information content (AvgIpc) is 3.34. The molecule has 0 saturated carbocycles. The number of H-pyrrole nitrogens is 2. The van der Waals surface area contributed by atoms with Crippen molar-refractivity contribution in [3.63, 3.8) is 0 Å². The SMILES string of the molecule is c1ccc2cc3c(cc2c1)[nH]c1cc(-c2ccc4c(c2)[nH]c2ccccc24)ccc13. The van der Waals surface area contributed by atoms with E-state index in [0.717, 1.165) is 0 Å². The quantitative estimate of drug-likeness (QED) is 0.290. The third kappa shape index (κ3) is 2.19. The third-order valence-corrected chi connectivity index (χ3v) is 6.30. The van der Waals surface area contributed by atoms with Gasteiger partial charge in [0.15, 0.2) is 0 Å². The maximum Gasteiger partial charge on any atom is 0.0471 e. The second kappa shape index (κ2) is 5.74. The van der Waals surface area contributed by atoms with E-state index in [2.05, 4.69) is 107 Å². The maximum atomic E-state index is 3.63. The van der Waals surface area contributed by atoms with E-state index in [-0.39, 0.29) is 0 Å². The number of hydrogen-bond acceptors (Lipinski definition) is 0. The molecule has 140 valence electrons. The van der Waals surface area contributed by atoms with E-state index in [1.165, 1.54) is 65.5 Å². The molecule has 30 heavy (non-hydrogen) atoms. The Morgan fingerprint density at radius 1 is 0.367 bits per heavy atom. The Morgan fingerprint density at radius 2 is 0.900 bits per heavy atom. The number of benzene rings is 5. The minimum atomic E-state index is 1.18. The fourth-order valence-electron chi connectivity index (χ4n) is 4.81. The first kappa shape index (κ1) is 15.8. The van der Waals surface area contributed by atoms with Crippen LogP contribution in [-0.2, 0) is 0 Å². The molecule has 0 bridgehead atoms. The van der Waals surface area contributed by atoms with Crippen LogP contribution >= 0.6 is 0 Å². The molecule has 0 aliphatic carbocycles. The fourth-order valence-corrected chi connectivity index (χ4v) is 4.81. The Hall–Kier alpha value is -4.04. The summed E-state index contributed by atoms with van der Waals surface area (Å²) in [6.07, 6.45) is 0. The highest BCUT2D eigenvalue weighted by molar-refractivity contribution is 6.13. The highest BCUT2D eigenvalue weighted by Gasteiger charge is 2.09. The van der Waals surface area contributed by atoms with E-state index in [1.807, 2.05) is 0 Å². The van der Waals surface area contributed by atoms with Gasteiger partial charge in [-0.3, -0.25) is 0 Å². The van der Waals surface area contributed by atoms with Crippen LogP contribution in [0.1, 0.15) is 0 Å². The normalized spacial score (nSPS) is 12.0. The van der Waals surface area contributed by atoms with E-state index in [1.54, 1.807) is 0 Å². The average molecular weight is 382 g/mol. The topological polar surface area (TPSA) is 31.6 Å². The predicted molar refractivity (Wildman–Crippen MR) is 128 cm³/mol. The Bertz CT molecular complexity index is 1750. The van der Waals surface area contributed by atoms with Crippen molar-refractivity contribution in [2.75, 3.05) is 0 Å². The highest BCUT2D eigenvalue weighted by atomic mass is 14.7. The first-order chi connectivity index (χ1) is 14.8. The Morgan fingerprint density at radius 3 is 1.67 bits per heavy atom. The lowest BCUT2D eigenvalue weighted by atomic mass is 10.0.